The first-order chi connectivity index (χ1) is 8.59. The molecule has 1 aliphatic heterocycles. The fourth-order valence-corrected chi connectivity index (χ4v) is 4.24. The fraction of sp³-hybridized carbons (Fsp3) is 0.900. The molecular formula is C10H20N2O5S2. The van der Waals surface area contributed by atoms with Gasteiger partial charge in [-0.2, -0.15) is 0 Å². The summed E-state index contributed by atoms with van der Waals surface area (Å²) in [5.41, 5.74) is 5.58. The molecule has 7 nitrogen and oxygen atoms in total. The molecule has 1 amide bonds. The molecule has 1 saturated heterocycles. The first-order valence-corrected chi connectivity index (χ1v) is 9.91. The van der Waals surface area contributed by atoms with Gasteiger partial charge in [-0.15, -0.1) is 0 Å². The Kier molecular flexibility index (Phi) is 5.34. The van der Waals surface area contributed by atoms with Crippen LogP contribution in [0.25, 0.3) is 0 Å². The Hall–Kier alpha value is -0.670. The van der Waals surface area contributed by atoms with Gasteiger partial charge in [0.1, 0.15) is 9.84 Å². The Morgan fingerprint density at radius 2 is 2.11 bits per heavy atom. The van der Waals surface area contributed by atoms with Crippen LogP contribution in [-0.2, 0) is 24.5 Å². The average Bonchev–Trinajstić information content (AvgIpc) is 2.23. The van der Waals surface area contributed by atoms with Gasteiger partial charge >= 0.3 is 0 Å². The maximum Gasteiger partial charge on any atom is 0.237 e. The van der Waals surface area contributed by atoms with Crippen molar-refractivity contribution in [1.82, 2.24) is 5.32 Å². The van der Waals surface area contributed by atoms with Crippen LogP contribution >= 0.6 is 0 Å². The zero-order valence-corrected chi connectivity index (χ0v) is 12.5. The molecule has 1 rings (SSSR count). The van der Waals surface area contributed by atoms with Crippen LogP contribution in [0.1, 0.15) is 19.3 Å². The second-order valence-electron chi connectivity index (χ2n) is 4.99. The summed E-state index contributed by atoms with van der Waals surface area (Å²) in [7, 11) is -6.25. The van der Waals surface area contributed by atoms with Gasteiger partial charge < -0.3 is 11.1 Å². The molecule has 0 spiro atoms. The molecule has 0 aromatic carbocycles. The van der Waals surface area contributed by atoms with Gasteiger partial charge in [0, 0.05) is 12.3 Å². The molecule has 0 aromatic heterocycles. The van der Waals surface area contributed by atoms with Gasteiger partial charge in [0.2, 0.25) is 5.91 Å². The third-order valence-electron chi connectivity index (χ3n) is 2.95. The number of sulfone groups is 2. The summed E-state index contributed by atoms with van der Waals surface area (Å²) in [5.74, 6) is -0.576. The SMILES string of the molecule is CS(=O)(=O)CCC(N)C(=O)NC1CCCS(=O)(=O)C1. The topological polar surface area (TPSA) is 123 Å². The van der Waals surface area contributed by atoms with Crippen LogP contribution in [0.4, 0.5) is 0 Å². The molecule has 1 heterocycles. The van der Waals surface area contributed by atoms with Crippen LogP contribution in [0.3, 0.4) is 0 Å². The first-order valence-electron chi connectivity index (χ1n) is 6.03. The van der Waals surface area contributed by atoms with Crippen molar-refractivity contribution in [2.75, 3.05) is 23.5 Å². The molecule has 2 unspecified atom stereocenters. The highest BCUT2D eigenvalue weighted by Gasteiger charge is 2.27. The van der Waals surface area contributed by atoms with Gasteiger partial charge in [-0.1, -0.05) is 0 Å². The molecule has 1 aliphatic rings. The number of nitrogens with one attached hydrogen (secondary N) is 1. The molecule has 9 heteroatoms. The van der Waals surface area contributed by atoms with Crippen molar-refractivity contribution in [1.29, 1.82) is 0 Å². The highest BCUT2D eigenvalue weighted by atomic mass is 32.2. The van der Waals surface area contributed by atoms with Crippen molar-refractivity contribution in [3.8, 4) is 0 Å². The third-order valence-corrected chi connectivity index (χ3v) is 5.74. The monoisotopic (exact) mass is 312 g/mol. The number of hydrogen-bond donors (Lipinski definition) is 2. The summed E-state index contributed by atoms with van der Waals surface area (Å²) in [6, 6.07) is -1.35. The lowest BCUT2D eigenvalue weighted by molar-refractivity contribution is -0.123. The summed E-state index contributed by atoms with van der Waals surface area (Å²) < 4.78 is 44.7. The Bertz CT molecular complexity index is 526. The van der Waals surface area contributed by atoms with E-state index in [1.54, 1.807) is 0 Å². The molecular weight excluding hydrogens is 292 g/mol. The summed E-state index contributed by atoms with van der Waals surface area (Å²) in [6.45, 7) is 0. The smallest absolute Gasteiger partial charge is 0.237 e. The molecule has 2 atom stereocenters. The van der Waals surface area contributed by atoms with Gasteiger partial charge in [0.25, 0.3) is 0 Å². The maximum absolute atomic E-state index is 11.7. The highest BCUT2D eigenvalue weighted by Crippen LogP contribution is 2.12. The Morgan fingerprint density at radius 1 is 1.47 bits per heavy atom. The van der Waals surface area contributed by atoms with Gasteiger partial charge in [0.15, 0.2) is 9.84 Å². The second kappa shape index (κ2) is 6.19. The quantitative estimate of drug-likeness (QED) is 0.633. The molecule has 0 aliphatic carbocycles. The number of nitrogens with two attached hydrogens (primary N) is 1. The Morgan fingerprint density at radius 3 is 2.63 bits per heavy atom. The zero-order valence-electron chi connectivity index (χ0n) is 10.8. The minimum atomic E-state index is -3.16. The minimum absolute atomic E-state index is 0.0319. The van der Waals surface area contributed by atoms with E-state index in [1.807, 2.05) is 0 Å². The molecule has 19 heavy (non-hydrogen) atoms. The summed E-state index contributed by atoms with van der Waals surface area (Å²) >= 11 is 0. The van der Waals surface area contributed by atoms with Gasteiger partial charge in [-0.3, -0.25) is 4.79 Å². The second-order valence-corrected chi connectivity index (χ2v) is 9.48. The van der Waals surface area contributed by atoms with E-state index in [-0.39, 0.29) is 23.7 Å². The van der Waals surface area contributed by atoms with Crippen LogP contribution in [0.15, 0.2) is 0 Å². The number of hydrogen-bond acceptors (Lipinski definition) is 6. The van der Waals surface area contributed by atoms with Gasteiger partial charge in [-0.05, 0) is 19.3 Å². The molecule has 0 radical (unpaired) electrons. The third kappa shape index (κ3) is 6.35. The van der Waals surface area contributed by atoms with Crippen molar-refractivity contribution < 1.29 is 21.6 Å². The lowest BCUT2D eigenvalue weighted by Gasteiger charge is -2.24. The van der Waals surface area contributed by atoms with E-state index in [1.165, 1.54) is 0 Å². The first kappa shape index (κ1) is 16.4. The van der Waals surface area contributed by atoms with E-state index < -0.39 is 37.7 Å². The fourth-order valence-electron chi connectivity index (χ4n) is 1.92. The number of rotatable bonds is 5. The van der Waals surface area contributed by atoms with Crippen LogP contribution in [0.2, 0.25) is 0 Å². The average molecular weight is 312 g/mol. The molecule has 0 saturated carbocycles. The van der Waals surface area contributed by atoms with Crippen LogP contribution in [0, 0.1) is 0 Å². The zero-order chi connectivity index (χ0) is 14.7. The van der Waals surface area contributed by atoms with Gasteiger partial charge in [-0.25, -0.2) is 16.8 Å². The van der Waals surface area contributed by atoms with E-state index in [0.29, 0.717) is 12.8 Å². The van der Waals surface area contributed by atoms with E-state index in [9.17, 15) is 21.6 Å². The lowest BCUT2D eigenvalue weighted by atomic mass is 10.1. The van der Waals surface area contributed by atoms with E-state index in [2.05, 4.69) is 5.32 Å². The predicted octanol–water partition coefficient (Wildman–Crippen LogP) is -1.56. The summed E-state index contributed by atoms with van der Waals surface area (Å²) in [5, 5.41) is 2.57. The number of amides is 1. The Balaban J connectivity index is 2.46. The number of carbonyl (C=O) groups is 1. The standard InChI is InChI=1S/C10H20N2O5S2/c1-18(14,15)6-4-9(11)10(13)12-8-3-2-5-19(16,17)7-8/h8-9H,2-7,11H2,1H3,(H,12,13). The van der Waals surface area contributed by atoms with Crippen molar-refractivity contribution in [2.24, 2.45) is 5.73 Å². The minimum Gasteiger partial charge on any atom is -0.351 e. The van der Waals surface area contributed by atoms with Crippen molar-refractivity contribution in [3.63, 3.8) is 0 Å². The van der Waals surface area contributed by atoms with Crippen LogP contribution in [-0.4, -0.2) is 58.3 Å². The van der Waals surface area contributed by atoms with Crippen molar-refractivity contribution >= 4 is 25.6 Å². The molecule has 0 aromatic rings. The summed E-state index contributed by atoms with van der Waals surface area (Å²) in [6.07, 6.45) is 2.23. The number of carbonyl (C=O) groups excluding carboxylic acids is 1. The van der Waals surface area contributed by atoms with E-state index >= 15 is 0 Å². The van der Waals surface area contributed by atoms with E-state index in [0.717, 1.165) is 6.26 Å². The highest BCUT2D eigenvalue weighted by molar-refractivity contribution is 7.91. The lowest BCUT2D eigenvalue weighted by Crippen LogP contribution is -2.49. The molecule has 3 N–H and O–H groups in total. The maximum atomic E-state index is 11.7. The predicted molar refractivity (Wildman–Crippen MR) is 72.1 cm³/mol. The molecule has 0 bridgehead atoms. The van der Waals surface area contributed by atoms with Crippen LogP contribution in [0.5, 0.6) is 0 Å². The van der Waals surface area contributed by atoms with Crippen molar-refractivity contribution in [3.05, 3.63) is 0 Å². The largest absolute Gasteiger partial charge is 0.351 e. The van der Waals surface area contributed by atoms with Crippen molar-refractivity contribution in [2.45, 2.75) is 31.3 Å². The summed E-state index contributed by atoms with van der Waals surface area (Å²) in [4.78, 5) is 11.7. The van der Waals surface area contributed by atoms with E-state index in [4.69, 9.17) is 5.73 Å². The molecule has 112 valence electrons. The normalized spacial score (nSPS) is 24.6. The molecule has 1 fully saturated rings. The van der Waals surface area contributed by atoms with Gasteiger partial charge in [0.05, 0.1) is 23.3 Å². The Labute approximate surface area is 113 Å². The van der Waals surface area contributed by atoms with Crippen LogP contribution < -0.4 is 11.1 Å².